The topological polar surface area (TPSA) is 65.0 Å². The fraction of sp³-hybridized carbons (Fsp3) is 0.462. The third kappa shape index (κ3) is 5.46. The summed E-state index contributed by atoms with van der Waals surface area (Å²) in [5.74, 6) is -0.893. The summed E-state index contributed by atoms with van der Waals surface area (Å²) in [7, 11) is 1.63. The lowest BCUT2D eigenvalue weighted by molar-refractivity contribution is 0.0677. The van der Waals surface area contributed by atoms with Crippen molar-refractivity contribution >= 4 is 17.6 Å². The van der Waals surface area contributed by atoms with Crippen molar-refractivity contribution in [1.29, 1.82) is 0 Å². The maximum Gasteiger partial charge on any atom is 0.339 e. The largest absolute Gasteiger partial charge is 0.489 e. The van der Waals surface area contributed by atoms with Crippen molar-refractivity contribution in [3.63, 3.8) is 0 Å². The minimum atomic E-state index is -1.07. The molecule has 1 N–H and O–H groups in total. The molecule has 0 saturated carbocycles. The second kappa shape index (κ2) is 8.74. The molecule has 0 spiro atoms. The average Bonchev–Trinajstić information content (AvgIpc) is 2.39. The zero-order chi connectivity index (χ0) is 14.1. The van der Waals surface area contributed by atoms with E-state index in [-0.39, 0.29) is 22.9 Å². The third-order valence-electron chi connectivity index (χ3n) is 2.31. The molecule has 6 heteroatoms. The highest BCUT2D eigenvalue weighted by Gasteiger charge is 2.14. The number of para-hydroxylation sites is 1. The summed E-state index contributed by atoms with van der Waals surface area (Å²) in [5, 5.41) is 9.28. The van der Waals surface area contributed by atoms with Crippen LogP contribution in [-0.2, 0) is 9.47 Å². The number of methoxy groups -OCH3 is 1. The molecule has 0 fully saturated rings. The minimum absolute atomic E-state index is 0.0480. The zero-order valence-electron chi connectivity index (χ0n) is 10.7. The molecule has 0 aliphatic rings. The van der Waals surface area contributed by atoms with E-state index in [2.05, 4.69) is 0 Å². The lowest BCUT2D eigenvalue weighted by Crippen LogP contribution is -2.11. The molecule has 0 bridgehead atoms. The van der Waals surface area contributed by atoms with Crippen LogP contribution >= 0.6 is 11.6 Å². The number of carboxylic acid groups (broad SMARTS) is 1. The Hall–Kier alpha value is -1.30. The minimum Gasteiger partial charge on any atom is -0.489 e. The molecule has 0 saturated heterocycles. The summed E-state index contributed by atoms with van der Waals surface area (Å²) in [6.45, 7) is 1.84. The number of halogens is 1. The van der Waals surface area contributed by atoms with E-state index in [1.807, 2.05) is 0 Å². The average molecular weight is 289 g/mol. The van der Waals surface area contributed by atoms with Crippen molar-refractivity contribution in [2.75, 3.05) is 33.5 Å². The van der Waals surface area contributed by atoms with Gasteiger partial charge in [0.1, 0.15) is 12.2 Å². The molecule has 19 heavy (non-hydrogen) atoms. The molecule has 0 aliphatic carbocycles. The summed E-state index contributed by atoms with van der Waals surface area (Å²) in [6.07, 6.45) is 0.809. The predicted octanol–water partition coefficient (Wildman–Crippen LogP) is 2.47. The van der Waals surface area contributed by atoms with Gasteiger partial charge >= 0.3 is 5.97 Å². The van der Waals surface area contributed by atoms with E-state index in [0.29, 0.717) is 19.8 Å². The summed E-state index contributed by atoms with van der Waals surface area (Å²) in [6, 6.07) is 4.60. The van der Waals surface area contributed by atoms with Crippen LogP contribution in [0.2, 0.25) is 5.02 Å². The van der Waals surface area contributed by atoms with Gasteiger partial charge in [-0.2, -0.15) is 0 Å². The highest BCUT2D eigenvalue weighted by atomic mass is 35.5. The van der Waals surface area contributed by atoms with Gasteiger partial charge in [-0.05, 0) is 18.6 Å². The molecule has 0 amide bonds. The monoisotopic (exact) mass is 288 g/mol. The van der Waals surface area contributed by atoms with Crippen LogP contribution in [0, 0.1) is 0 Å². The first-order chi connectivity index (χ1) is 9.16. The summed E-state index contributed by atoms with van der Waals surface area (Å²) >= 11 is 5.91. The standard InChI is InChI=1S/C13H17ClO5/c1-17-6-3-7-18-8-9-19-12-10(13(15)16)4-2-5-11(12)14/h2,4-5H,3,6-9H2,1H3,(H,15,16). The van der Waals surface area contributed by atoms with Crippen molar-refractivity contribution < 1.29 is 24.1 Å². The smallest absolute Gasteiger partial charge is 0.339 e. The number of aromatic carboxylic acids is 1. The molecular formula is C13H17ClO5. The van der Waals surface area contributed by atoms with Crippen molar-refractivity contribution in [2.24, 2.45) is 0 Å². The van der Waals surface area contributed by atoms with Crippen LogP contribution in [0.25, 0.3) is 0 Å². The number of benzene rings is 1. The fourth-order valence-corrected chi connectivity index (χ4v) is 1.66. The van der Waals surface area contributed by atoms with E-state index in [0.717, 1.165) is 6.42 Å². The summed E-state index contributed by atoms with van der Waals surface area (Å²) in [5.41, 5.74) is 0.0480. The number of carbonyl (C=O) groups is 1. The number of ether oxygens (including phenoxy) is 3. The summed E-state index contributed by atoms with van der Waals surface area (Å²) in [4.78, 5) is 11.0. The Morgan fingerprint density at radius 1 is 1.26 bits per heavy atom. The lowest BCUT2D eigenvalue weighted by Gasteiger charge is -2.11. The lowest BCUT2D eigenvalue weighted by atomic mass is 10.2. The van der Waals surface area contributed by atoms with Crippen LogP contribution in [0.15, 0.2) is 18.2 Å². The van der Waals surface area contributed by atoms with Crippen molar-refractivity contribution in [1.82, 2.24) is 0 Å². The normalized spacial score (nSPS) is 10.4. The Morgan fingerprint density at radius 3 is 2.74 bits per heavy atom. The van der Waals surface area contributed by atoms with Gasteiger partial charge in [0.2, 0.25) is 0 Å². The molecule has 106 valence electrons. The second-order valence-electron chi connectivity index (χ2n) is 3.73. The second-order valence-corrected chi connectivity index (χ2v) is 4.14. The Labute approximate surface area is 117 Å². The predicted molar refractivity (Wildman–Crippen MR) is 71.2 cm³/mol. The quantitative estimate of drug-likeness (QED) is 0.707. The van der Waals surface area contributed by atoms with E-state index < -0.39 is 5.97 Å². The Morgan fingerprint density at radius 2 is 2.05 bits per heavy atom. The van der Waals surface area contributed by atoms with Gasteiger partial charge in [-0.3, -0.25) is 0 Å². The van der Waals surface area contributed by atoms with Crippen LogP contribution in [0.1, 0.15) is 16.8 Å². The van der Waals surface area contributed by atoms with Gasteiger partial charge < -0.3 is 19.3 Å². The van der Waals surface area contributed by atoms with Crippen LogP contribution in [0.3, 0.4) is 0 Å². The van der Waals surface area contributed by atoms with E-state index >= 15 is 0 Å². The number of hydrogen-bond acceptors (Lipinski definition) is 4. The molecule has 1 rings (SSSR count). The molecule has 0 atom stereocenters. The molecule has 0 heterocycles. The van der Waals surface area contributed by atoms with Gasteiger partial charge in [0, 0.05) is 20.3 Å². The molecule has 0 radical (unpaired) electrons. The molecule has 1 aromatic rings. The summed E-state index contributed by atoms with van der Waals surface area (Å²) < 4.78 is 15.6. The van der Waals surface area contributed by atoms with Gasteiger partial charge in [-0.15, -0.1) is 0 Å². The molecule has 0 unspecified atom stereocenters. The number of hydrogen-bond donors (Lipinski definition) is 1. The third-order valence-corrected chi connectivity index (χ3v) is 2.61. The van der Waals surface area contributed by atoms with Gasteiger partial charge in [0.05, 0.1) is 11.6 Å². The zero-order valence-corrected chi connectivity index (χ0v) is 11.5. The first-order valence-corrected chi connectivity index (χ1v) is 6.26. The fourth-order valence-electron chi connectivity index (χ4n) is 1.43. The number of rotatable bonds is 9. The molecule has 0 aliphatic heterocycles. The van der Waals surface area contributed by atoms with E-state index in [4.69, 9.17) is 30.9 Å². The van der Waals surface area contributed by atoms with Crippen LogP contribution < -0.4 is 4.74 Å². The van der Waals surface area contributed by atoms with Crippen molar-refractivity contribution in [3.05, 3.63) is 28.8 Å². The van der Waals surface area contributed by atoms with Crippen molar-refractivity contribution in [3.8, 4) is 5.75 Å². The highest BCUT2D eigenvalue weighted by Crippen LogP contribution is 2.28. The Balaban J connectivity index is 2.38. The Kier molecular flexibility index (Phi) is 7.25. The van der Waals surface area contributed by atoms with E-state index in [9.17, 15) is 4.79 Å². The first-order valence-electron chi connectivity index (χ1n) is 5.88. The maximum atomic E-state index is 11.0. The van der Waals surface area contributed by atoms with Gasteiger partial charge in [0.15, 0.2) is 5.75 Å². The van der Waals surface area contributed by atoms with E-state index in [1.54, 1.807) is 19.2 Å². The highest BCUT2D eigenvalue weighted by molar-refractivity contribution is 6.32. The van der Waals surface area contributed by atoms with Crippen LogP contribution in [0.5, 0.6) is 5.75 Å². The SMILES string of the molecule is COCCCOCCOc1c(Cl)cccc1C(=O)O. The number of carboxylic acids is 1. The Bertz CT molecular complexity index is 408. The van der Waals surface area contributed by atoms with Gasteiger partial charge in [-0.1, -0.05) is 17.7 Å². The molecule has 0 aromatic heterocycles. The van der Waals surface area contributed by atoms with Gasteiger partial charge in [0.25, 0.3) is 0 Å². The molecular weight excluding hydrogens is 272 g/mol. The van der Waals surface area contributed by atoms with Gasteiger partial charge in [-0.25, -0.2) is 4.79 Å². The van der Waals surface area contributed by atoms with Crippen LogP contribution in [0.4, 0.5) is 0 Å². The van der Waals surface area contributed by atoms with Crippen LogP contribution in [-0.4, -0.2) is 44.6 Å². The molecule has 5 nitrogen and oxygen atoms in total. The first kappa shape index (κ1) is 15.8. The van der Waals surface area contributed by atoms with E-state index in [1.165, 1.54) is 6.07 Å². The molecule has 1 aromatic carbocycles. The van der Waals surface area contributed by atoms with Crippen molar-refractivity contribution in [2.45, 2.75) is 6.42 Å². The maximum absolute atomic E-state index is 11.0.